The minimum absolute atomic E-state index is 0.0181. The summed E-state index contributed by atoms with van der Waals surface area (Å²) in [6.45, 7) is 0.938. The van der Waals surface area contributed by atoms with E-state index in [1.807, 2.05) is 7.05 Å². The van der Waals surface area contributed by atoms with Gasteiger partial charge in [-0.2, -0.15) is 0 Å². The van der Waals surface area contributed by atoms with Gasteiger partial charge in [0.25, 0.3) is 0 Å². The Morgan fingerprint density at radius 1 is 1.44 bits per heavy atom. The fourth-order valence-corrected chi connectivity index (χ4v) is 5.74. The Morgan fingerprint density at radius 3 is 2.88 bits per heavy atom. The van der Waals surface area contributed by atoms with Crippen LogP contribution in [0.4, 0.5) is 0 Å². The SMILES string of the molecule is CNN(C)Cc1cc2ccccc2n1[I-]I. The van der Waals surface area contributed by atoms with Gasteiger partial charge in [0, 0.05) is 0 Å². The number of hydrogen-bond donors (Lipinski definition) is 1. The van der Waals surface area contributed by atoms with Crippen molar-refractivity contribution in [3.8, 4) is 0 Å². The zero-order valence-electron chi connectivity index (χ0n) is 9.24. The Kier molecular flexibility index (Phi) is 4.45. The van der Waals surface area contributed by atoms with Gasteiger partial charge in [-0.15, -0.1) is 0 Å². The van der Waals surface area contributed by atoms with Crippen LogP contribution in [0.2, 0.25) is 0 Å². The van der Waals surface area contributed by atoms with E-state index in [0.29, 0.717) is 0 Å². The Bertz CT molecular complexity index is 481. The Labute approximate surface area is 116 Å². The molecule has 0 fully saturated rings. The quantitative estimate of drug-likeness (QED) is 0.505. The number of hydrogen-bond acceptors (Lipinski definition) is 2. The van der Waals surface area contributed by atoms with Crippen molar-refractivity contribution in [3.63, 3.8) is 0 Å². The summed E-state index contributed by atoms with van der Waals surface area (Å²) in [5.41, 5.74) is 5.89. The molecular formula is C11H14I2N3-. The molecule has 1 heterocycles. The van der Waals surface area contributed by atoms with Crippen molar-refractivity contribution in [2.75, 3.05) is 14.1 Å². The van der Waals surface area contributed by atoms with Crippen LogP contribution >= 0.6 is 18.6 Å². The van der Waals surface area contributed by atoms with E-state index in [0.717, 1.165) is 6.54 Å². The third-order valence-corrected chi connectivity index (χ3v) is 6.52. The van der Waals surface area contributed by atoms with Crippen LogP contribution in [0.5, 0.6) is 0 Å². The van der Waals surface area contributed by atoms with Crippen molar-refractivity contribution in [1.29, 1.82) is 0 Å². The molecule has 0 aliphatic carbocycles. The number of rotatable bonds is 4. The van der Waals surface area contributed by atoms with E-state index in [1.54, 1.807) is 0 Å². The predicted molar refractivity (Wildman–Crippen MR) is 71.9 cm³/mol. The molecule has 16 heavy (non-hydrogen) atoms. The number of benzene rings is 1. The van der Waals surface area contributed by atoms with Crippen molar-refractivity contribution in [1.82, 2.24) is 13.2 Å². The summed E-state index contributed by atoms with van der Waals surface area (Å²) in [5, 5.41) is 3.44. The van der Waals surface area contributed by atoms with Gasteiger partial charge < -0.3 is 0 Å². The molecule has 1 N–H and O–H groups in total. The molecule has 0 saturated carbocycles. The van der Waals surface area contributed by atoms with Gasteiger partial charge in [-0.05, 0) is 0 Å². The minimum atomic E-state index is 0.0181. The van der Waals surface area contributed by atoms with Gasteiger partial charge in [0.05, 0.1) is 0 Å². The normalized spacial score (nSPS) is 11.8. The molecule has 0 aliphatic rings. The van der Waals surface area contributed by atoms with Crippen LogP contribution in [0.25, 0.3) is 10.9 Å². The van der Waals surface area contributed by atoms with Crippen molar-refractivity contribution in [2.45, 2.75) is 6.54 Å². The van der Waals surface area contributed by atoms with Gasteiger partial charge in [-0.3, -0.25) is 0 Å². The van der Waals surface area contributed by atoms with Crippen molar-refractivity contribution in [2.24, 2.45) is 0 Å². The molecule has 0 bridgehead atoms. The average Bonchev–Trinajstić information content (AvgIpc) is 2.65. The molecule has 3 nitrogen and oxygen atoms in total. The van der Waals surface area contributed by atoms with Crippen molar-refractivity contribution < 1.29 is 17.5 Å². The second-order valence-electron chi connectivity index (χ2n) is 3.62. The van der Waals surface area contributed by atoms with E-state index < -0.39 is 0 Å². The standard InChI is InChI=1S/C11H14I2N3/c1-14-15(2)8-10-7-9-5-3-4-6-11(9)16(10)13-12/h3-7,14H,8H2,1-2H3/q-1. The molecule has 1 aromatic heterocycles. The maximum absolute atomic E-state index is 3.14. The van der Waals surface area contributed by atoms with Crippen molar-refractivity contribution in [3.05, 3.63) is 36.0 Å². The third-order valence-electron chi connectivity index (χ3n) is 2.57. The summed E-state index contributed by atoms with van der Waals surface area (Å²) in [5.74, 6) is 0. The molecule has 0 aliphatic heterocycles. The number of nitrogens with one attached hydrogen (secondary N) is 1. The molecule has 0 amide bonds. The molecule has 2 rings (SSSR count). The molecule has 0 radical (unpaired) electrons. The zero-order valence-corrected chi connectivity index (χ0v) is 13.6. The van der Waals surface area contributed by atoms with E-state index in [4.69, 9.17) is 0 Å². The Morgan fingerprint density at radius 2 is 2.19 bits per heavy atom. The van der Waals surface area contributed by atoms with E-state index >= 15 is 0 Å². The summed E-state index contributed by atoms with van der Waals surface area (Å²) < 4.78 is 2.46. The summed E-state index contributed by atoms with van der Waals surface area (Å²) in [7, 11) is 4.01. The Hall–Kier alpha value is 0.140. The number of hydrazine groups is 1. The van der Waals surface area contributed by atoms with E-state index in [-0.39, 0.29) is 17.5 Å². The van der Waals surface area contributed by atoms with E-state index in [9.17, 15) is 0 Å². The molecule has 0 saturated heterocycles. The molecule has 1 aromatic carbocycles. The fraction of sp³-hybridized carbons (Fsp3) is 0.273. The number of para-hydroxylation sites is 1. The first-order valence-electron chi connectivity index (χ1n) is 5.00. The van der Waals surface area contributed by atoms with Crippen LogP contribution in [-0.2, 0) is 6.54 Å². The van der Waals surface area contributed by atoms with Crippen LogP contribution in [0.3, 0.4) is 0 Å². The number of nitrogens with zero attached hydrogens (tertiary/aromatic N) is 2. The molecule has 0 atom stereocenters. The Balaban J connectivity index is 2.44. The summed E-state index contributed by atoms with van der Waals surface area (Å²) in [6, 6.07) is 10.9. The molecule has 0 spiro atoms. The average molecular weight is 442 g/mol. The summed E-state index contributed by atoms with van der Waals surface area (Å²) in [4.78, 5) is 0. The molecular weight excluding hydrogens is 428 g/mol. The van der Waals surface area contributed by atoms with Crippen LogP contribution in [0, 0.1) is 0 Å². The van der Waals surface area contributed by atoms with Gasteiger partial charge in [0.15, 0.2) is 0 Å². The van der Waals surface area contributed by atoms with E-state index in [1.165, 1.54) is 16.6 Å². The monoisotopic (exact) mass is 442 g/mol. The van der Waals surface area contributed by atoms with Crippen LogP contribution in [-0.4, -0.2) is 21.9 Å². The van der Waals surface area contributed by atoms with Crippen molar-refractivity contribution >= 4 is 29.5 Å². The molecule has 2 aromatic rings. The number of halogens is 2. The van der Waals surface area contributed by atoms with Gasteiger partial charge in [0.2, 0.25) is 0 Å². The maximum atomic E-state index is 3.14. The van der Waals surface area contributed by atoms with Crippen LogP contribution in [0.15, 0.2) is 30.3 Å². The second kappa shape index (κ2) is 5.65. The molecule has 5 heteroatoms. The zero-order chi connectivity index (χ0) is 11.5. The predicted octanol–water partition coefficient (Wildman–Crippen LogP) is -0.590. The summed E-state index contributed by atoms with van der Waals surface area (Å²) in [6.07, 6.45) is 0. The fourth-order valence-electron chi connectivity index (χ4n) is 1.68. The first-order chi connectivity index (χ1) is 7.76. The van der Waals surface area contributed by atoms with Crippen LogP contribution < -0.4 is 22.9 Å². The summed E-state index contributed by atoms with van der Waals surface area (Å²) >= 11 is 2.53. The van der Waals surface area contributed by atoms with Gasteiger partial charge in [-0.1, -0.05) is 0 Å². The van der Waals surface area contributed by atoms with E-state index in [2.05, 4.69) is 69.2 Å². The molecule has 0 unspecified atom stereocenters. The first-order valence-corrected chi connectivity index (χ1v) is 12.3. The van der Waals surface area contributed by atoms with Gasteiger partial charge in [-0.25, -0.2) is 0 Å². The first kappa shape index (κ1) is 12.6. The number of aromatic nitrogens is 1. The second-order valence-corrected chi connectivity index (χ2v) is 7.39. The van der Waals surface area contributed by atoms with Gasteiger partial charge >= 0.3 is 117 Å². The number of fused-ring (bicyclic) bond motifs is 1. The molecule has 88 valence electrons. The van der Waals surface area contributed by atoms with Gasteiger partial charge in [0.1, 0.15) is 0 Å². The topological polar surface area (TPSA) is 20.2 Å². The van der Waals surface area contributed by atoms with Crippen LogP contribution in [0.1, 0.15) is 5.69 Å². The third kappa shape index (κ3) is 2.52.